The van der Waals surface area contributed by atoms with Crippen LogP contribution in [0, 0.1) is 11.7 Å². The Morgan fingerprint density at radius 1 is 1.50 bits per heavy atom. The summed E-state index contributed by atoms with van der Waals surface area (Å²) in [6.07, 6.45) is 3.25. The molecule has 0 aliphatic heterocycles. The van der Waals surface area contributed by atoms with Crippen molar-refractivity contribution in [3.63, 3.8) is 0 Å². The zero-order chi connectivity index (χ0) is 11.8. The molecule has 0 bridgehead atoms. The Kier molecular flexibility index (Phi) is 2.66. The van der Waals surface area contributed by atoms with Crippen molar-refractivity contribution in [3.8, 4) is 0 Å². The molecule has 0 spiro atoms. The highest BCUT2D eigenvalue weighted by Gasteiger charge is 2.51. The van der Waals surface area contributed by atoms with Crippen molar-refractivity contribution in [2.45, 2.75) is 25.2 Å². The van der Waals surface area contributed by atoms with Gasteiger partial charge in [0, 0.05) is 5.92 Å². The molecule has 2 heteroatoms. The standard InChI is InChI=1S/C14H15FO/c1-3-8-14(9-10(2)13(14)16)11-4-6-12(15)7-5-11/h3-7,10H,1,8-9H2,2H3/t10-,14-/m1/s1. The van der Waals surface area contributed by atoms with Gasteiger partial charge in [0.05, 0.1) is 5.41 Å². The highest BCUT2D eigenvalue weighted by molar-refractivity contribution is 5.97. The molecule has 1 fully saturated rings. The van der Waals surface area contributed by atoms with E-state index in [1.807, 2.05) is 6.92 Å². The zero-order valence-electron chi connectivity index (χ0n) is 9.37. The minimum atomic E-state index is -0.436. The smallest absolute Gasteiger partial charge is 0.146 e. The molecular weight excluding hydrogens is 203 g/mol. The van der Waals surface area contributed by atoms with E-state index < -0.39 is 5.41 Å². The van der Waals surface area contributed by atoms with Gasteiger partial charge < -0.3 is 0 Å². The molecule has 1 saturated carbocycles. The molecule has 0 aromatic heterocycles. The highest BCUT2D eigenvalue weighted by Crippen LogP contribution is 2.47. The molecule has 0 heterocycles. The summed E-state index contributed by atoms with van der Waals surface area (Å²) in [6, 6.07) is 6.25. The number of allylic oxidation sites excluding steroid dienone is 1. The second kappa shape index (κ2) is 3.85. The summed E-state index contributed by atoms with van der Waals surface area (Å²) in [7, 11) is 0. The normalized spacial score (nSPS) is 28.6. The average Bonchev–Trinajstić information content (AvgIpc) is 2.29. The van der Waals surface area contributed by atoms with Gasteiger partial charge in [0.25, 0.3) is 0 Å². The van der Waals surface area contributed by atoms with Crippen molar-refractivity contribution in [1.29, 1.82) is 0 Å². The molecule has 2 rings (SSSR count). The molecule has 1 aliphatic carbocycles. The van der Waals surface area contributed by atoms with Gasteiger partial charge in [-0.15, -0.1) is 6.58 Å². The van der Waals surface area contributed by atoms with Crippen molar-refractivity contribution in [3.05, 3.63) is 48.3 Å². The first-order valence-corrected chi connectivity index (χ1v) is 5.51. The van der Waals surface area contributed by atoms with Crippen LogP contribution in [0.25, 0.3) is 0 Å². The van der Waals surface area contributed by atoms with E-state index in [1.165, 1.54) is 12.1 Å². The lowest BCUT2D eigenvalue weighted by Gasteiger charge is -2.44. The number of carbonyl (C=O) groups excluding carboxylic acids is 1. The van der Waals surface area contributed by atoms with Gasteiger partial charge in [-0.1, -0.05) is 25.1 Å². The summed E-state index contributed by atoms with van der Waals surface area (Å²) in [6.45, 7) is 5.64. The fourth-order valence-corrected chi connectivity index (χ4v) is 2.63. The lowest BCUT2D eigenvalue weighted by atomic mass is 9.56. The molecule has 0 amide bonds. The quantitative estimate of drug-likeness (QED) is 0.712. The van der Waals surface area contributed by atoms with Crippen LogP contribution in [0.15, 0.2) is 36.9 Å². The van der Waals surface area contributed by atoms with Gasteiger partial charge in [-0.05, 0) is 30.5 Å². The Hall–Kier alpha value is -1.44. The molecule has 0 unspecified atom stereocenters. The number of carbonyl (C=O) groups is 1. The van der Waals surface area contributed by atoms with Gasteiger partial charge >= 0.3 is 0 Å². The second-order valence-electron chi connectivity index (χ2n) is 4.55. The Morgan fingerprint density at radius 3 is 2.56 bits per heavy atom. The molecule has 2 atom stereocenters. The third-order valence-corrected chi connectivity index (χ3v) is 3.46. The van der Waals surface area contributed by atoms with Crippen molar-refractivity contribution >= 4 is 5.78 Å². The summed E-state index contributed by atoms with van der Waals surface area (Å²) >= 11 is 0. The predicted molar refractivity (Wildman–Crippen MR) is 61.7 cm³/mol. The van der Waals surface area contributed by atoms with E-state index in [0.29, 0.717) is 6.42 Å². The summed E-state index contributed by atoms with van der Waals surface area (Å²) < 4.78 is 12.9. The summed E-state index contributed by atoms with van der Waals surface area (Å²) in [5.41, 5.74) is 0.478. The molecule has 0 saturated heterocycles. The largest absolute Gasteiger partial charge is 0.298 e. The number of rotatable bonds is 3. The Morgan fingerprint density at radius 2 is 2.12 bits per heavy atom. The molecule has 16 heavy (non-hydrogen) atoms. The first kappa shape index (κ1) is 11.1. The van der Waals surface area contributed by atoms with E-state index in [2.05, 4.69) is 6.58 Å². The van der Waals surface area contributed by atoms with Gasteiger partial charge in [-0.25, -0.2) is 4.39 Å². The molecule has 1 aliphatic rings. The molecule has 1 aromatic rings. The monoisotopic (exact) mass is 218 g/mol. The van der Waals surface area contributed by atoms with Gasteiger partial charge in [-0.3, -0.25) is 4.79 Å². The fourth-order valence-electron chi connectivity index (χ4n) is 2.63. The number of hydrogen-bond acceptors (Lipinski definition) is 1. The minimum Gasteiger partial charge on any atom is -0.298 e. The van der Waals surface area contributed by atoms with Crippen LogP contribution in [0.1, 0.15) is 25.3 Å². The maximum Gasteiger partial charge on any atom is 0.146 e. The summed E-state index contributed by atoms with van der Waals surface area (Å²) in [5, 5.41) is 0. The SMILES string of the molecule is C=CC[C@]1(c2ccc(F)cc2)C[C@@H](C)C1=O. The van der Waals surface area contributed by atoms with Gasteiger partial charge in [0.15, 0.2) is 0 Å². The molecule has 84 valence electrons. The van der Waals surface area contributed by atoms with Crippen LogP contribution in [0.5, 0.6) is 0 Å². The maximum absolute atomic E-state index is 12.9. The van der Waals surface area contributed by atoms with Crippen LogP contribution in [0.2, 0.25) is 0 Å². The lowest BCUT2D eigenvalue weighted by molar-refractivity contribution is -0.137. The summed E-state index contributed by atoms with van der Waals surface area (Å²) in [4.78, 5) is 12.0. The first-order chi connectivity index (χ1) is 7.60. The Bertz CT molecular complexity index is 421. The molecular formula is C14H15FO. The maximum atomic E-state index is 12.9. The average molecular weight is 218 g/mol. The third kappa shape index (κ3) is 1.49. The Balaban J connectivity index is 2.37. The van der Waals surface area contributed by atoms with Gasteiger partial charge in [0.1, 0.15) is 11.6 Å². The van der Waals surface area contributed by atoms with E-state index in [1.54, 1.807) is 18.2 Å². The molecule has 1 aromatic carbocycles. The van der Waals surface area contributed by atoms with E-state index in [0.717, 1.165) is 12.0 Å². The number of ketones is 1. The van der Waals surface area contributed by atoms with Crippen molar-refractivity contribution in [2.24, 2.45) is 5.92 Å². The van der Waals surface area contributed by atoms with Gasteiger partial charge in [-0.2, -0.15) is 0 Å². The molecule has 0 radical (unpaired) electrons. The summed E-state index contributed by atoms with van der Waals surface area (Å²) in [5.74, 6) is 0.0985. The fraction of sp³-hybridized carbons (Fsp3) is 0.357. The van der Waals surface area contributed by atoms with E-state index >= 15 is 0 Å². The van der Waals surface area contributed by atoms with Gasteiger partial charge in [0.2, 0.25) is 0 Å². The highest BCUT2D eigenvalue weighted by atomic mass is 19.1. The van der Waals surface area contributed by atoms with E-state index in [-0.39, 0.29) is 17.5 Å². The second-order valence-corrected chi connectivity index (χ2v) is 4.55. The number of benzene rings is 1. The van der Waals surface area contributed by atoms with Crippen molar-refractivity contribution in [2.75, 3.05) is 0 Å². The predicted octanol–water partition coefficient (Wildman–Crippen LogP) is 3.25. The van der Waals surface area contributed by atoms with Crippen LogP contribution in [0.4, 0.5) is 4.39 Å². The molecule has 1 nitrogen and oxygen atoms in total. The molecule has 0 N–H and O–H groups in total. The van der Waals surface area contributed by atoms with Crippen molar-refractivity contribution in [1.82, 2.24) is 0 Å². The lowest BCUT2D eigenvalue weighted by Crippen LogP contribution is -2.50. The number of Topliss-reactive ketones (excluding diaryl/α,β-unsaturated/α-hetero) is 1. The first-order valence-electron chi connectivity index (χ1n) is 5.51. The number of hydrogen-bond donors (Lipinski definition) is 0. The van der Waals surface area contributed by atoms with E-state index in [9.17, 15) is 9.18 Å². The van der Waals surface area contributed by atoms with Crippen molar-refractivity contribution < 1.29 is 9.18 Å². The van der Waals surface area contributed by atoms with Crippen LogP contribution >= 0.6 is 0 Å². The van der Waals surface area contributed by atoms with Crippen LogP contribution in [0.3, 0.4) is 0 Å². The minimum absolute atomic E-state index is 0.116. The van der Waals surface area contributed by atoms with Crippen LogP contribution in [-0.4, -0.2) is 5.78 Å². The van der Waals surface area contributed by atoms with Crippen LogP contribution < -0.4 is 0 Å². The number of halogens is 1. The zero-order valence-corrected chi connectivity index (χ0v) is 9.37. The van der Waals surface area contributed by atoms with Crippen LogP contribution in [-0.2, 0) is 10.2 Å². The Labute approximate surface area is 95.0 Å². The van der Waals surface area contributed by atoms with E-state index in [4.69, 9.17) is 0 Å². The topological polar surface area (TPSA) is 17.1 Å². The third-order valence-electron chi connectivity index (χ3n) is 3.46.